The van der Waals surface area contributed by atoms with Crippen molar-refractivity contribution in [1.82, 2.24) is 0 Å². The van der Waals surface area contributed by atoms with E-state index in [1.165, 1.54) is 87.8 Å². The third kappa shape index (κ3) is 6.25. The van der Waals surface area contributed by atoms with Crippen LogP contribution in [0.1, 0.15) is 136 Å². The summed E-state index contributed by atoms with van der Waals surface area (Å²) in [6.45, 7) is 19.5. The minimum atomic E-state index is -2.96. The van der Waals surface area contributed by atoms with E-state index in [9.17, 15) is 0 Å². The first kappa shape index (κ1) is 39.4. The predicted octanol–water partition coefficient (Wildman–Crippen LogP) is 7.47. The van der Waals surface area contributed by atoms with Gasteiger partial charge in [0.1, 0.15) is 0 Å². The van der Waals surface area contributed by atoms with Gasteiger partial charge in [-0.2, -0.15) is 0 Å². The first-order valence-electron chi connectivity index (χ1n) is 19.9. The maximum Gasteiger partial charge on any atom is -1.00 e. The zero-order valence-electron chi connectivity index (χ0n) is 33.3. The Morgan fingerprint density at radius 2 is 1.07 bits per heavy atom. The van der Waals surface area contributed by atoms with Gasteiger partial charge < -0.3 is 24.8 Å². The van der Waals surface area contributed by atoms with E-state index in [1.807, 2.05) is 0 Å². The predicted molar refractivity (Wildman–Crippen MR) is 220 cm³/mol. The molecule has 0 aromatic heterocycles. The zero-order chi connectivity index (χ0) is 36.2. The fraction of sp³-hybridized carbons (Fsp3) is 0.353. The van der Waals surface area contributed by atoms with E-state index in [1.54, 1.807) is 23.2 Å². The molecule has 0 saturated heterocycles. The number of allylic oxidation sites excluding steroid dienone is 8. The summed E-state index contributed by atoms with van der Waals surface area (Å²) in [4.78, 5) is 0. The summed E-state index contributed by atoms with van der Waals surface area (Å²) < 4.78 is 3.81. The maximum atomic E-state index is 2.79. The van der Waals surface area contributed by atoms with E-state index < -0.39 is 21.3 Å². The average molecular weight is 829 g/mol. The maximum absolute atomic E-state index is 2.96. The Labute approximate surface area is 344 Å². The molecule has 0 bridgehead atoms. The second-order valence-corrected chi connectivity index (χ2v) is 24.3. The van der Waals surface area contributed by atoms with E-state index in [-0.39, 0.29) is 41.1 Å². The second kappa shape index (κ2) is 14.3. The molecule has 1 unspecified atom stereocenters. The molecule has 9 rings (SSSR count). The van der Waals surface area contributed by atoms with Crippen molar-refractivity contribution in [2.24, 2.45) is 11.3 Å². The van der Waals surface area contributed by atoms with Gasteiger partial charge in [0.25, 0.3) is 0 Å². The van der Waals surface area contributed by atoms with Crippen LogP contribution in [0, 0.1) is 11.3 Å². The van der Waals surface area contributed by atoms with Crippen molar-refractivity contribution in [2.75, 3.05) is 0 Å². The van der Waals surface area contributed by atoms with Crippen molar-refractivity contribution in [3.8, 4) is 11.1 Å². The van der Waals surface area contributed by atoms with Gasteiger partial charge in [-0.15, -0.1) is 0 Å². The number of rotatable bonds is 5. The Hall–Kier alpha value is -2.83. The Kier molecular flexibility index (Phi) is 10.4. The number of hydrogen-bond donors (Lipinski definition) is 0. The molecule has 4 aromatic rings. The Balaban J connectivity index is 0.00000225. The topological polar surface area (TPSA) is 0 Å². The van der Waals surface area contributed by atoms with Crippen molar-refractivity contribution < 1.29 is 46.1 Å². The van der Waals surface area contributed by atoms with Crippen LogP contribution >= 0.6 is 0 Å². The van der Waals surface area contributed by atoms with Crippen LogP contribution in [-0.2, 0) is 32.1 Å². The third-order valence-electron chi connectivity index (χ3n) is 13.6. The summed E-state index contributed by atoms with van der Waals surface area (Å²) in [5.41, 5.74) is 19.7. The molecular formula is C51H54Cl2Zr. The van der Waals surface area contributed by atoms with Crippen molar-refractivity contribution in [3.05, 3.63) is 163 Å². The third-order valence-corrected chi connectivity index (χ3v) is 22.3. The summed E-state index contributed by atoms with van der Waals surface area (Å²) in [5.74, 6) is 0.447. The Morgan fingerprint density at radius 1 is 0.611 bits per heavy atom. The standard InChI is InChI=1S/C25H25.C13H19.C13H10.2ClH.Zr/c1-14-12-24(3,4)22-8-16-7-17-9-23-19(15(2)13-25(23,5)6)11-21(17)20(16)10-18(14)22;1-11-6-7-12(10-11)13(2)8-4-3-5-9-13;1-3-7-12(8-4-1)11-13-9-5-2-6-10-13;;;/h7-13H,1-6H3;7,10-11H,3-5,8-9H2,1-2H3;1-10H;2*1H;/q;;;;;+2/p-2. The Morgan fingerprint density at radius 3 is 1.54 bits per heavy atom. The van der Waals surface area contributed by atoms with Crippen LogP contribution in [0.15, 0.2) is 118 Å². The molecule has 1 fully saturated rings. The molecule has 0 aliphatic heterocycles. The van der Waals surface area contributed by atoms with Gasteiger partial charge >= 0.3 is 323 Å². The van der Waals surface area contributed by atoms with Crippen LogP contribution in [0.4, 0.5) is 0 Å². The van der Waals surface area contributed by atoms with Crippen LogP contribution < -0.4 is 24.8 Å². The van der Waals surface area contributed by atoms with Gasteiger partial charge in [0, 0.05) is 0 Å². The van der Waals surface area contributed by atoms with Crippen molar-refractivity contribution in [1.29, 1.82) is 0 Å². The van der Waals surface area contributed by atoms with Crippen LogP contribution in [0.25, 0.3) is 22.3 Å². The molecule has 1 atom stereocenters. The Bertz CT molecular complexity index is 2180. The fourth-order valence-corrected chi connectivity index (χ4v) is 20.4. The first-order valence-corrected chi connectivity index (χ1v) is 23.8. The largest absolute Gasteiger partial charge is 1.00 e. The molecule has 5 aliphatic rings. The molecule has 54 heavy (non-hydrogen) atoms. The SMILES string of the molecule is CC1=CC(C)(C)c2cc3c(cc21)-c1cc2c(cc1[CH]3[Zr+2]([C]1=CC(C3(C)CCCCC3)=CC1C)=[C](c1ccccc1)c1ccccc1)C(C)(C)C=C2C.[Cl-].[Cl-]. The number of hydrogen-bond acceptors (Lipinski definition) is 0. The van der Waals surface area contributed by atoms with Gasteiger partial charge in [-0.05, 0) is 0 Å². The van der Waals surface area contributed by atoms with Crippen LogP contribution in [0.2, 0.25) is 0 Å². The molecule has 3 heteroatoms. The van der Waals surface area contributed by atoms with E-state index >= 15 is 0 Å². The van der Waals surface area contributed by atoms with Crippen molar-refractivity contribution >= 4 is 14.4 Å². The van der Waals surface area contributed by atoms with Gasteiger partial charge in [-0.3, -0.25) is 0 Å². The zero-order valence-corrected chi connectivity index (χ0v) is 37.3. The van der Waals surface area contributed by atoms with E-state index in [2.05, 4.69) is 165 Å². The molecule has 0 heterocycles. The van der Waals surface area contributed by atoms with Gasteiger partial charge in [-0.25, -0.2) is 0 Å². The average Bonchev–Trinajstić information content (AvgIpc) is 3.80. The van der Waals surface area contributed by atoms with Gasteiger partial charge in [0.2, 0.25) is 0 Å². The molecule has 0 N–H and O–H groups in total. The molecule has 4 aromatic carbocycles. The quantitative estimate of drug-likeness (QED) is 0.196. The minimum absolute atomic E-state index is 0. The molecule has 276 valence electrons. The number of halogens is 2. The fourth-order valence-electron chi connectivity index (χ4n) is 10.9. The van der Waals surface area contributed by atoms with Crippen molar-refractivity contribution in [2.45, 2.75) is 102 Å². The van der Waals surface area contributed by atoms with E-state index in [0.29, 0.717) is 9.54 Å². The van der Waals surface area contributed by atoms with Crippen LogP contribution in [0.3, 0.4) is 0 Å². The summed E-state index contributed by atoms with van der Waals surface area (Å²) in [5, 5.41) is 0. The second-order valence-electron chi connectivity index (χ2n) is 18.2. The van der Waals surface area contributed by atoms with Gasteiger partial charge in [0.05, 0.1) is 0 Å². The normalized spacial score (nSPS) is 20.8. The van der Waals surface area contributed by atoms with Crippen molar-refractivity contribution in [3.63, 3.8) is 0 Å². The molecular weight excluding hydrogens is 775 g/mol. The molecule has 1 saturated carbocycles. The molecule has 0 radical (unpaired) electrons. The first-order chi connectivity index (χ1) is 24.9. The molecule has 0 amide bonds. The number of fused-ring (bicyclic) bond motifs is 5. The van der Waals surface area contributed by atoms with Gasteiger partial charge in [-0.1, -0.05) is 0 Å². The van der Waals surface area contributed by atoms with E-state index in [0.717, 1.165) is 0 Å². The molecule has 0 nitrogen and oxygen atoms in total. The smallest absolute Gasteiger partial charge is 1.00 e. The molecule has 0 spiro atoms. The number of benzene rings is 4. The monoisotopic (exact) mass is 826 g/mol. The van der Waals surface area contributed by atoms with Crippen LogP contribution in [0.5, 0.6) is 0 Å². The van der Waals surface area contributed by atoms with Crippen LogP contribution in [-0.4, -0.2) is 3.21 Å². The summed E-state index contributed by atoms with van der Waals surface area (Å²) in [7, 11) is 0. The summed E-state index contributed by atoms with van der Waals surface area (Å²) in [6, 6.07) is 33.7. The minimum Gasteiger partial charge on any atom is -1.00 e. The molecule has 5 aliphatic carbocycles. The summed E-state index contributed by atoms with van der Waals surface area (Å²) in [6.07, 6.45) is 17.3. The summed E-state index contributed by atoms with van der Waals surface area (Å²) >= 11 is -2.96. The van der Waals surface area contributed by atoms with Gasteiger partial charge in [0.15, 0.2) is 0 Å². The van der Waals surface area contributed by atoms with E-state index in [4.69, 9.17) is 0 Å².